The molecule has 0 spiro atoms. The number of nitrogens with zero attached hydrogens (tertiary/aromatic N) is 1. The molecule has 1 N–H and O–H groups in total. The highest BCUT2D eigenvalue weighted by molar-refractivity contribution is 5.95. The van der Waals surface area contributed by atoms with Crippen LogP contribution < -0.4 is 10.1 Å². The molecule has 0 aliphatic rings. The largest absolute Gasteiger partial charge is 0.489 e. The van der Waals surface area contributed by atoms with E-state index in [0.29, 0.717) is 30.6 Å². The van der Waals surface area contributed by atoms with Crippen LogP contribution in [0.3, 0.4) is 0 Å². The molecule has 0 saturated carbocycles. The topological polar surface area (TPSA) is 88.4 Å². The normalized spacial score (nSPS) is 11.9. The highest BCUT2D eigenvalue weighted by Crippen LogP contribution is 2.26. The van der Waals surface area contributed by atoms with Gasteiger partial charge in [0.15, 0.2) is 0 Å². The highest BCUT2D eigenvalue weighted by atomic mass is 16.5. The molecule has 5 rings (SSSR count). The number of nitriles is 1. The molecule has 2 atom stereocenters. The van der Waals surface area contributed by atoms with Gasteiger partial charge < -0.3 is 14.8 Å². The van der Waals surface area contributed by atoms with Crippen LogP contribution in [0.4, 0.5) is 0 Å². The van der Waals surface area contributed by atoms with Crippen molar-refractivity contribution in [1.82, 2.24) is 5.32 Å². The van der Waals surface area contributed by atoms with E-state index in [2.05, 4.69) is 11.4 Å². The van der Waals surface area contributed by atoms with E-state index >= 15 is 0 Å². The van der Waals surface area contributed by atoms with Gasteiger partial charge in [-0.1, -0.05) is 97.1 Å². The van der Waals surface area contributed by atoms with Gasteiger partial charge >= 0.3 is 5.97 Å². The molecule has 224 valence electrons. The van der Waals surface area contributed by atoms with E-state index in [0.717, 1.165) is 33.6 Å². The van der Waals surface area contributed by atoms with Crippen LogP contribution in [0.25, 0.3) is 11.1 Å². The lowest BCUT2D eigenvalue weighted by Gasteiger charge is -2.27. The third-order valence-electron chi connectivity index (χ3n) is 7.68. The molecule has 0 fully saturated rings. The zero-order chi connectivity index (χ0) is 31.4. The first kappa shape index (κ1) is 30.8. The Morgan fingerprint density at radius 1 is 0.711 bits per heavy atom. The number of esters is 1. The smallest absolute Gasteiger partial charge is 0.311 e. The van der Waals surface area contributed by atoms with Crippen molar-refractivity contribution in [1.29, 1.82) is 5.26 Å². The Kier molecular flexibility index (Phi) is 10.4. The van der Waals surface area contributed by atoms with Crippen LogP contribution in [0.2, 0.25) is 0 Å². The van der Waals surface area contributed by atoms with Gasteiger partial charge in [0.1, 0.15) is 12.4 Å². The first-order valence-electron chi connectivity index (χ1n) is 14.8. The standard InChI is InChI=1S/C39H34N2O4/c1-44-39(43)36(23-30-14-8-15-31(22-30)26-40)37(24-28-10-4-2-5-11-28)41-38(42)33-20-18-32(19-21-33)34-16-9-17-35(25-34)45-27-29-12-6-3-7-13-29/h2-22,25,36-37H,23-24,27H2,1H3,(H,41,42). The number of carbonyl (C=O) groups excluding carboxylic acids is 2. The van der Waals surface area contributed by atoms with E-state index in [-0.39, 0.29) is 5.91 Å². The number of ether oxygens (including phenoxy) is 2. The summed E-state index contributed by atoms with van der Waals surface area (Å²) >= 11 is 0. The second-order valence-corrected chi connectivity index (χ2v) is 10.8. The number of hydrogen-bond donors (Lipinski definition) is 1. The van der Waals surface area contributed by atoms with Gasteiger partial charge in [0, 0.05) is 11.6 Å². The van der Waals surface area contributed by atoms with Crippen LogP contribution in [-0.2, 0) is 29.0 Å². The molecule has 2 unspecified atom stereocenters. The van der Waals surface area contributed by atoms with E-state index in [4.69, 9.17) is 9.47 Å². The van der Waals surface area contributed by atoms with Crippen molar-refractivity contribution in [3.63, 3.8) is 0 Å². The van der Waals surface area contributed by atoms with Crippen molar-refractivity contribution in [2.45, 2.75) is 25.5 Å². The Bertz CT molecular complexity index is 1760. The summed E-state index contributed by atoms with van der Waals surface area (Å²) < 4.78 is 11.2. The Labute approximate surface area is 263 Å². The van der Waals surface area contributed by atoms with Crippen LogP contribution in [-0.4, -0.2) is 25.0 Å². The average molecular weight is 595 g/mol. The van der Waals surface area contributed by atoms with Crippen LogP contribution in [0.1, 0.15) is 32.6 Å². The molecule has 0 radical (unpaired) electrons. The van der Waals surface area contributed by atoms with Crippen molar-refractivity contribution in [3.05, 3.63) is 161 Å². The first-order chi connectivity index (χ1) is 22.0. The minimum absolute atomic E-state index is 0.290. The SMILES string of the molecule is COC(=O)C(Cc1cccc(C#N)c1)C(Cc1ccccc1)NC(=O)c1ccc(-c2cccc(OCc3ccccc3)c2)cc1. The number of nitrogens with one attached hydrogen (secondary N) is 1. The maximum atomic E-state index is 13.6. The monoisotopic (exact) mass is 594 g/mol. The number of rotatable bonds is 12. The first-order valence-corrected chi connectivity index (χ1v) is 14.8. The molecular formula is C39H34N2O4. The molecule has 0 heterocycles. The fraction of sp³-hybridized carbons (Fsp3) is 0.154. The molecule has 0 aliphatic carbocycles. The number of amides is 1. The zero-order valence-corrected chi connectivity index (χ0v) is 25.1. The number of hydrogen-bond acceptors (Lipinski definition) is 5. The summed E-state index contributed by atoms with van der Waals surface area (Å²) in [6, 6.07) is 43.7. The van der Waals surface area contributed by atoms with Gasteiger partial charge in [-0.05, 0) is 77.1 Å². The minimum atomic E-state index is -0.675. The number of methoxy groups -OCH3 is 1. The summed E-state index contributed by atoms with van der Waals surface area (Å²) in [6.07, 6.45) is 0.736. The van der Waals surface area contributed by atoms with Gasteiger partial charge in [-0.3, -0.25) is 9.59 Å². The average Bonchev–Trinajstić information content (AvgIpc) is 3.10. The summed E-state index contributed by atoms with van der Waals surface area (Å²) in [6.45, 7) is 0.476. The third-order valence-corrected chi connectivity index (χ3v) is 7.68. The van der Waals surface area contributed by atoms with E-state index in [9.17, 15) is 14.9 Å². The molecule has 6 nitrogen and oxygen atoms in total. The van der Waals surface area contributed by atoms with Crippen LogP contribution >= 0.6 is 0 Å². The lowest BCUT2D eigenvalue weighted by atomic mass is 9.87. The molecule has 0 saturated heterocycles. The van der Waals surface area contributed by atoms with Gasteiger partial charge in [0.25, 0.3) is 5.91 Å². The van der Waals surface area contributed by atoms with Crippen molar-refractivity contribution in [2.24, 2.45) is 5.92 Å². The van der Waals surface area contributed by atoms with Crippen LogP contribution in [0, 0.1) is 17.2 Å². The van der Waals surface area contributed by atoms with Gasteiger partial charge in [-0.2, -0.15) is 5.26 Å². The summed E-state index contributed by atoms with van der Waals surface area (Å²) in [7, 11) is 1.35. The molecular weight excluding hydrogens is 560 g/mol. The summed E-state index contributed by atoms with van der Waals surface area (Å²) in [4.78, 5) is 26.7. The lowest BCUT2D eigenvalue weighted by Crippen LogP contribution is -2.46. The quantitative estimate of drug-likeness (QED) is 0.155. The fourth-order valence-electron chi connectivity index (χ4n) is 5.30. The molecule has 1 amide bonds. The Morgan fingerprint density at radius 2 is 1.38 bits per heavy atom. The van der Waals surface area contributed by atoms with Crippen molar-refractivity contribution < 1.29 is 19.1 Å². The van der Waals surface area contributed by atoms with Gasteiger partial charge in [-0.25, -0.2) is 0 Å². The molecule has 5 aromatic rings. The molecule has 5 aromatic carbocycles. The van der Waals surface area contributed by atoms with Crippen LogP contribution in [0.15, 0.2) is 133 Å². The van der Waals surface area contributed by atoms with Crippen LogP contribution in [0.5, 0.6) is 5.75 Å². The second kappa shape index (κ2) is 15.2. The Balaban J connectivity index is 1.34. The predicted octanol–water partition coefficient (Wildman–Crippen LogP) is 7.18. The third kappa shape index (κ3) is 8.46. The molecule has 0 aliphatic heterocycles. The summed E-state index contributed by atoms with van der Waals surface area (Å²) in [5, 5.41) is 12.5. The molecule has 45 heavy (non-hydrogen) atoms. The zero-order valence-electron chi connectivity index (χ0n) is 25.1. The number of carbonyl (C=O) groups is 2. The van der Waals surface area contributed by atoms with Crippen molar-refractivity contribution in [2.75, 3.05) is 7.11 Å². The van der Waals surface area contributed by atoms with E-state index < -0.39 is 17.9 Å². The minimum Gasteiger partial charge on any atom is -0.489 e. The Hall–Kier alpha value is -5.67. The maximum Gasteiger partial charge on any atom is 0.311 e. The van der Waals surface area contributed by atoms with E-state index in [1.54, 1.807) is 30.3 Å². The van der Waals surface area contributed by atoms with Crippen molar-refractivity contribution >= 4 is 11.9 Å². The maximum absolute atomic E-state index is 13.6. The van der Waals surface area contributed by atoms with E-state index in [1.807, 2.05) is 103 Å². The second-order valence-electron chi connectivity index (χ2n) is 10.8. The van der Waals surface area contributed by atoms with Gasteiger partial charge in [0.2, 0.25) is 0 Å². The molecule has 0 bridgehead atoms. The van der Waals surface area contributed by atoms with Gasteiger partial charge in [-0.15, -0.1) is 0 Å². The Morgan fingerprint density at radius 3 is 2.07 bits per heavy atom. The predicted molar refractivity (Wildman–Crippen MR) is 174 cm³/mol. The van der Waals surface area contributed by atoms with E-state index in [1.165, 1.54) is 7.11 Å². The summed E-state index contributed by atoms with van der Waals surface area (Å²) in [5.74, 6) is -0.632. The summed E-state index contributed by atoms with van der Waals surface area (Å²) in [5.41, 5.74) is 5.79. The fourth-order valence-corrected chi connectivity index (χ4v) is 5.30. The number of benzene rings is 5. The molecule has 0 aromatic heterocycles. The molecule has 6 heteroatoms. The highest BCUT2D eigenvalue weighted by Gasteiger charge is 2.31. The van der Waals surface area contributed by atoms with Gasteiger partial charge in [0.05, 0.1) is 24.7 Å². The van der Waals surface area contributed by atoms with Crippen molar-refractivity contribution in [3.8, 4) is 22.9 Å². The lowest BCUT2D eigenvalue weighted by molar-refractivity contribution is -0.146.